The predicted octanol–water partition coefficient (Wildman–Crippen LogP) is 2.18. The Kier molecular flexibility index (Phi) is 2.26. The Morgan fingerprint density at radius 3 is 2.95 bits per heavy atom. The molecule has 1 aliphatic heterocycles. The van der Waals surface area contributed by atoms with E-state index in [0.717, 1.165) is 18.5 Å². The van der Waals surface area contributed by atoms with E-state index in [-0.39, 0.29) is 0 Å². The maximum Gasteiger partial charge on any atom is 0.242 e. The summed E-state index contributed by atoms with van der Waals surface area (Å²) in [5.41, 5.74) is 1.83. The number of imidazole rings is 1. The van der Waals surface area contributed by atoms with Crippen LogP contribution in [0.2, 0.25) is 0 Å². The molecule has 110 valence electrons. The average molecular weight is 296 g/mol. The molecule has 2 aliphatic rings. The number of fused-ring (bicyclic) bond motifs is 3. The number of aliphatic hydroxyl groups excluding tert-OH is 1. The Morgan fingerprint density at radius 2 is 2.09 bits per heavy atom. The summed E-state index contributed by atoms with van der Waals surface area (Å²) in [4.78, 5) is 8.74. The molecule has 0 bridgehead atoms. The van der Waals surface area contributed by atoms with Crippen molar-refractivity contribution in [3.05, 3.63) is 42.2 Å². The fraction of sp³-hybridized carbons (Fsp3) is 0.267. The van der Waals surface area contributed by atoms with Gasteiger partial charge in [-0.15, -0.1) is 0 Å². The number of aromatic nitrogens is 4. The molecule has 1 fully saturated rings. The van der Waals surface area contributed by atoms with E-state index in [1.165, 1.54) is 0 Å². The van der Waals surface area contributed by atoms with Gasteiger partial charge in [0.15, 0.2) is 0 Å². The summed E-state index contributed by atoms with van der Waals surface area (Å²) in [6.07, 6.45) is 2.70. The number of nitrogens with zero attached hydrogens (tertiary/aromatic N) is 4. The van der Waals surface area contributed by atoms with Crippen LogP contribution in [-0.2, 0) is 0 Å². The minimum absolute atomic E-state index is 0.376. The SMILES string of the molecule is OC1Oc2ccccc2-n2cnc(-c3noc(C4CC4)n3)c21. The van der Waals surface area contributed by atoms with Crippen LogP contribution >= 0.6 is 0 Å². The first-order valence-electron chi connectivity index (χ1n) is 7.16. The molecule has 1 saturated carbocycles. The highest BCUT2D eigenvalue weighted by molar-refractivity contribution is 5.59. The minimum atomic E-state index is -1.12. The maximum absolute atomic E-state index is 10.3. The summed E-state index contributed by atoms with van der Waals surface area (Å²) in [7, 11) is 0. The van der Waals surface area contributed by atoms with E-state index >= 15 is 0 Å². The van der Waals surface area contributed by atoms with Gasteiger partial charge in [-0.05, 0) is 25.0 Å². The van der Waals surface area contributed by atoms with Crippen molar-refractivity contribution in [3.8, 4) is 23.0 Å². The Morgan fingerprint density at radius 1 is 1.23 bits per heavy atom. The normalized spacial score (nSPS) is 19.4. The molecule has 7 heteroatoms. The average Bonchev–Trinajstić information content (AvgIpc) is 3.10. The zero-order chi connectivity index (χ0) is 14.7. The number of aliphatic hydroxyl groups is 1. The molecular formula is C15H12N4O3. The third kappa shape index (κ3) is 1.62. The highest BCUT2D eigenvalue weighted by Crippen LogP contribution is 2.41. The van der Waals surface area contributed by atoms with Gasteiger partial charge in [0, 0.05) is 5.92 Å². The molecule has 0 radical (unpaired) electrons. The summed E-state index contributed by atoms with van der Waals surface area (Å²) < 4.78 is 12.6. The van der Waals surface area contributed by atoms with Crippen molar-refractivity contribution in [1.82, 2.24) is 19.7 Å². The van der Waals surface area contributed by atoms with E-state index < -0.39 is 6.29 Å². The van der Waals surface area contributed by atoms with Crippen LogP contribution in [0.15, 0.2) is 35.1 Å². The number of benzene rings is 1. The molecule has 1 N–H and O–H groups in total. The molecule has 3 heterocycles. The fourth-order valence-electron chi connectivity index (χ4n) is 2.72. The Hall–Kier alpha value is -2.67. The summed E-state index contributed by atoms with van der Waals surface area (Å²) in [5.74, 6) is 2.01. The van der Waals surface area contributed by atoms with E-state index in [9.17, 15) is 5.11 Å². The highest BCUT2D eigenvalue weighted by atomic mass is 16.6. The summed E-state index contributed by atoms with van der Waals surface area (Å²) >= 11 is 0. The number of hydrogen-bond donors (Lipinski definition) is 1. The molecule has 22 heavy (non-hydrogen) atoms. The van der Waals surface area contributed by atoms with Gasteiger partial charge in [-0.2, -0.15) is 4.98 Å². The van der Waals surface area contributed by atoms with Crippen molar-refractivity contribution in [1.29, 1.82) is 0 Å². The number of hydrogen-bond acceptors (Lipinski definition) is 6. The van der Waals surface area contributed by atoms with Gasteiger partial charge in [0.05, 0.1) is 5.69 Å². The fourth-order valence-corrected chi connectivity index (χ4v) is 2.72. The van der Waals surface area contributed by atoms with E-state index in [1.54, 1.807) is 17.0 Å². The van der Waals surface area contributed by atoms with Gasteiger partial charge >= 0.3 is 0 Å². The second-order valence-corrected chi connectivity index (χ2v) is 5.52. The first-order chi connectivity index (χ1) is 10.8. The molecule has 0 spiro atoms. The van der Waals surface area contributed by atoms with Crippen molar-refractivity contribution in [3.63, 3.8) is 0 Å². The lowest BCUT2D eigenvalue weighted by Gasteiger charge is -2.24. The number of ether oxygens (including phenoxy) is 1. The lowest BCUT2D eigenvalue weighted by molar-refractivity contribution is -0.0291. The summed E-state index contributed by atoms with van der Waals surface area (Å²) in [6, 6.07) is 7.47. The van der Waals surface area contributed by atoms with Crippen LogP contribution < -0.4 is 4.74 Å². The third-order valence-electron chi connectivity index (χ3n) is 3.98. The molecule has 7 nitrogen and oxygen atoms in total. The second kappa shape index (κ2) is 4.17. The summed E-state index contributed by atoms with van der Waals surface area (Å²) in [5, 5.41) is 14.3. The molecule has 1 aromatic carbocycles. The molecule has 1 unspecified atom stereocenters. The molecule has 1 aliphatic carbocycles. The van der Waals surface area contributed by atoms with Gasteiger partial charge in [-0.25, -0.2) is 4.98 Å². The van der Waals surface area contributed by atoms with Gasteiger partial charge in [-0.1, -0.05) is 17.3 Å². The van der Waals surface area contributed by atoms with Crippen molar-refractivity contribution < 1.29 is 14.4 Å². The predicted molar refractivity (Wildman–Crippen MR) is 74.4 cm³/mol. The highest BCUT2D eigenvalue weighted by Gasteiger charge is 2.33. The maximum atomic E-state index is 10.3. The zero-order valence-corrected chi connectivity index (χ0v) is 11.5. The van der Waals surface area contributed by atoms with Gasteiger partial charge in [0.25, 0.3) is 0 Å². The molecule has 1 atom stereocenters. The van der Waals surface area contributed by atoms with Gasteiger partial charge in [0.1, 0.15) is 23.5 Å². The van der Waals surface area contributed by atoms with Crippen LogP contribution in [0.4, 0.5) is 0 Å². The lowest BCUT2D eigenvalue weighted by atomic mass is 10.2. The molecule has 5 rings (SSSR count). The van der Waals surface area contributed by atoms with Crippen LogP contribution in [0.1, 0.15) is 36.6 Å². The Balaban J connectivity index is 1.65. The molecular weight excluding hydrogens is 284 g/mol. The number of rotatable bonds is 2. The van der Waals surface area contributed by atoms with E-state index in [4.69, 9.17) is 9.26 Å². The van der Waals surface area contributed by atoms with Crippen molar-refractivity contribution in [2.75, 3.05) is 0 Å². The van der Waals surface area contributed by atoms with Crippen molar-refractivity contribution in [2.45, 2.75) is 25.0 Å². The van der Waals surface area contributed by atoms with Crippen LogP contribution in [-0.4, -0.2) is 24.8 Å². The monoisotopic (exact) mass is 296 g/mol. The minimum Gasteiger partial charge on any atom is -0.457 e. The molecule has 3 aromatic rings. The van der Waals surface area contributed by atoms with Crippen LogP contribution in [0.25, 0.3) is 17.2 Å². The van der Waals surface area contributed by atoms with Crippen LogP contribution in [0.5, 0.6) is 5.75 Å². The first kappa shape index (κ1) is 11.9. The van der Waals surface area contributed by atoms with E-state index in [2.05, 4.69) is 15.1 Å². The first-order valence-corrected chi connectivity index (χ1v) is 7.16. The van der Waals surface area contributed by atoms with Crippen molar-refractivity contribution in [2.24, 2.45) is 0 Å². The lowest BCUT2D eigenvalue weighted by Crippen LogP contribution is -2.18. The van der Waals surface area contributed by atoms with Crippen LogP contribution in [0.3, 0.4) is 0 Å². The smallest absolute Gasteiger partial charge is 0.242 e. The van der Waals surface area contributed by atoms with E-state index in [1.807, 2.05) is 18.2 Å². The Labute approximate surface area is 125 Å². The quantitative estimate of drug-likeness (QED) is 0.780. The van der Waals surface area contributed by atoms with E-state index in [0.29, 0.717) is 34.8 Å². The standard InChI is InChI=1S/C15H12N4O3/c20-15-12-11(13-17-14(22-18-13)8-5-6-8)16-7-19(12)9-3-1-2-4-10(9)21-15/h1-4,7-8,15,20H,5-6H2. The zero-order valence-electron chi connectivity index (χ0n) is 11.5. The largest absolute Gasteiger partial charge is 0.457 e. The van der Waals surface area contributed by atoms with Gasteiger partial charge in [0.2, 0.25) is 18.0 Å². The van der Waals surface area contributed by atoms with Crippen molar-refractivity contribution >= 4 is 0 Å². The summed E-state index contributed by atoms with van der Waals surface area (Å²) in [6.45, 7) is 0. The third-order valence-corrected chi connectivity index (χ3v) is 3.98. The van der Waals surface area contributed by atoms with Gasteiger partial charge in [-0.3, -0.25) is 4.57 Å². The number of para-hydroxylation sites is 2. The van der Waals surface area contributed by atoms with Crippen LogP contribution in [0, 0.1) is 0 Å². The molecule has 2 aromatic heterocycles. The Bertz CT molecular complexity index is 865. The second-order valence-electron chi connectivity index (χ2n) is 5.52. The topological polar surface area (TPSA) is 86.2 Å². The molecule has 0 amide bonds. The molecule has 0 saturated heterocycles. The van der Waals surface area contributed by atoms with Gasteiger partial charge < -0.3 is 14.4 Å².